The normalized spacial score (nSPS) is 11.8. The molecule has 0 heterocycles. The van der Waals surface area contributed by atoms with Gasteiger partial charge in [0.25, 0.3) is 0 Å². The molecule has 0 aliphatic heterocycles. The Morgan fingerprint density at radius 2 is 1.56 bits per heavy atom. The number of anilines is 1. The van der Waals surface area contributed by atoms with Crippen molar-refractivity contribution in [1.82, 2.24) is 0 Å². The lowest BCUT2D eigenvalue weighted by Crippen LogP contribution is -2.07. The molecule has 0 bridgehead atoms. The van der Waals surface area contributed by atoms with Gasteiger partial charge in [0, 0.05) is 17.8 Å². The predicted molar refractivity (Wildman–Crippen MR) is 68.2 cm³/mol. The van der Waals surface area contributed by atoms with Gasteiger partial charge in [-0.1, -0.05) is 0 Å². The molecule has 0 aliphatic carbocycles. The number of methoxy groups -OCH3 is 3. The standard InChI is InChI=1S/C11H17NO3S/c1-7(16)12-8-5-9(13-2)11(15-4)10(6-8)14-3/h5-7,12,16H,1-4H3. The van der Waals surface area contributed by atoms with Gasteiger partial charge >= 0.3 is 0 Å². The number of ether oxygens (including phenoxy) is 3. The second-order valence-electron chi connectivity index (χ2n) is 3.23. The summed E-state index contributed by atoms with van der Waals surface area (Å²) in [6.45, 7) is 1.94. The highest BCUT2D eigenvalue weighted by molar-refractivity contribution is 7.81. The average molecular weight is 243 g/mol. The molecule has 1 aromatic carbocycles. The first-order valence-corrected chi connectivity index (χ1v) is 5.38. The fraction of sp³-hybridized carbons (Fsp3) is 0.455. The van der Waals surface area contributed by atoms with Gasteiger partial charge in [0.15, 0.2) is 11.5 Å². The van der Waals surface area contributed by atoms with Crippen molar-refractivity contribution in [2.24, 2.45) is 0 Å². The molecule has 0 saturated carbocycles. The van der Waals surface area contributed by atoms with Crippen LogP contribution in [0.5, 0.6) is 17.2 Å². The van der Waals surface area contributed by atoms with Crippen molar-refractivity contribution in [1.29, 1.82) is 0 Å². The number of hydrogen-bond donors (Lipinski definition) is 2. The molecular formula is C11H17NO3S. The van der Waals surface area contributed by atoms with Crippen LogP contribution >= 0.6 is 12.6 Å². The highest BCUT2D eigenvalue weighted by Crippen LogP contribution is 2.40. The first kappa shape index (κ1) is 12.8. The maximum atomic E-state index is 5.23. The molecule has 1 atom stereocenters. The molecule has 90 valence electrons. The number of nitrogens with one attached hydrogen (secondary N) is 1. The van der Waals surface area contributed by atoms with Crippen molar-refractivity contribution < 1.29 is 14.2 Å². The Balaban J connectivity index is 3.15. The van der Waals surface area contributed by atoms with E-state index in [0.717, 1.165) is 5.69 Å². The van der Waals surface area contributed by atoms with Crippen LogP contribution < -0.4 is 19.5 Å². The first-order chi connectivity index (χ1) is 7.62. The monoisotopic (exact) mass is 243 g/mol. The third-order valence-corrected chi connectivity index (χ3v) is 2.17. The molecule has 1 N–H and O–H groups in total. The Bertz CT molecular complexity index is 330. The lowest BCUT2D eigenvalue weighted by molar-refractivity contribution is 0.324. The SMILES string of the molecule is COc1cc(NC(C)S)cc(OC)c1OC. The van der Waals surface area contributed by atoms with E-state index in [0.29, 0.717) is 17.2 Å². The van der Waals surface area contributed by atoms with Crippen LogP contribution in [0.25, 0.3) is 0 Å². The van der Waals surface area contributed by atoms with Crippen LogP contribution in [-0.2, 0) is 0 Å². The van der Waals surface area contributed by atoms with Gasteiger partial charge in [-0.25, -0.2) is 0 Å². The van der Waals surface area contributed by atoms with Crippen molar-refractivity contribution >= 4 is 18.3 Å². The quantitative estimate of drug-likeness (QED) is 0.615. The van der Waals surface area contributed by atoms with Gasteiger partial charge in [0.05, 0.1) is 26.7 Å². The largest absolute Gasteiger partial charge is 0.493 e. The van der Waals surface area contributed by atoms with E-state index in [1.54, 1.807) is 21.3 Å². The molecule has 0 saturated heterocycles. The van der Waals surface area contributed by atoms with E-state index in [-0.39, 0.29) is 5.37 Å². The van der Waals surface area contributed by atoms with E-state index in [1.807, 2.05) is 19.1 Å². The van der Waals surface area contributed by atoms with Crippen molar-refractivity contribution in [2.75, 3.05) is 26.6 Å². The summed E-state index contributed by atoms with van der Waals surface area (Å²) >= 11 is 4.26. The van der Waals surface area contributed by atoms with Gasteiger partial charge in [0.1, 0.15) is 0 Å². The summed E-state index contributed by atoms with van der Waals surface area (Å²) in [5.74, 6) is 1.83. The Morgan fingerprint density at radius 3 is 1.88 bits per heavy atom. The van der Waals surface area contributed by atoms with Gasteiger partial charge in [0.2, 0.25) is 5.75 Å². The minimum Gasteiger partial charge on any atom is -0.493 e. The summed E-state index contributed by atoms with van der Waals surface area (Å²) in [5, 5.41) is 3.20. The van der Waals surface area contributed by atoms with Crippen LogP contribution in [0.3, 0.4) is 0 Å². The first-order valence-electron chi connectivity index (χ1n) is 4.87. The molecule has 0 radical (unpaired) electrons. The molecule has 0 spiro atoms. The maximum Gasteiger partial charge on any atom is 0.203 e. The molecule has 0 amide bonds. The second-order valence-corrected chi connectivity index (χ2v) is 4.01. The number of rotatable bonds is 5. The van der Waals surface area contributed by atoms with Gasteiger partial charge in [-0.2, -0.15) is 12.6 Å². The topological polar surface area (TPSA) is 39.7 Å². The number of thiol groups is 1. The minimum absolute atomic E-state index is 0.0443. The highest BCUT2D eigenvalue weighted by Gasteiger charge is 2.13. The van der Waals surface area contributed by atoms with E-state index in [2.05, 4.69) is 17.9 Å². The van der Waals surface area contributed by atoms with Crippen LogP contribution in [0.1, 0.15) is 6.92 Å². The summed E-state index contributed by atoms with van der Waals surface area (Å²) in [6, 6.07) is 3.68. The molecular weight excluding hydrogens is 226 g/mol. The highest BCUT2D eigenvalue weighted by atomic mass is 32.1. The van der Waals surface area contributed by atoms with E-state index >= 15 is 0 Å². The smallest absolute Gasteiger partial charge is 0.203 e. The molecule has 1 unspecified atom stereocenters. The fourth-order valence-electron chi connectivity index (χ4n) is 1.41. The summed E-state index contributed by atoms with van der Waals surface area (Å²) in [6.07, 6.45) is 0. The van der Waals surface area contributed by atoms with Crippen LogP contribution in [0.2, 0.25) is 0 Å². The van der Waals surface area contributed by atoms with Crippen molar-refractivity contribution in [3.63, 3.8) is 0 Å². The lowest BCUT2D eigenvalue weighted by atomic mass is 10.2. The van der Waals surface area contributed by atoms with Crippen molar-refractivity contribution in [3.8, 4) is 17.2 Å². The van der Waals surface area contributed by atoms with Crippen LogP contribution in [-0.4, -0.2) is 26.7 Å². The minimum atomic E-state index is 0.0443. The molecule has 4 nitrogen and oxygen atoms in total. The van der Waals surface area contributed by atoms with Gasteiger partial charge in [-0.05, 0) is 6.92 Å². The summed E-state index contributed by atoms with van der Waals surface area (Å²) in [5.41, 5.74) is 0.872. The molecule has 0 aliphatic rings. The Hall–Kier alpha value is -1.23. The zero-order valence-electron chi connectivity index (χ0n) is 9.90. The lowest BCUT2D eigenvalue weighted by Gasteiger charge is -2.16. The second kappa shape index (κ2) is 5.75. The van der Waals surface area contributed by atoms with E-state index in [4.69, 9.17) is 14.2 Å². The van der Waals surface area contributed by atoms with Gasteiger partial charge in [-0.15, -0.1) is 0 Å². The molecule has 5 heteroatoms. The molecule has 0 aromatic heterocycles. The van der Waals surface area contributed by atoms with Gasteiger partial charge in [-0.3, -0.25) is 0 Å². The average Bonchev–Trinajstić information content (AvgIpc) is 2.26. The summed E-state index contributed by atoms with van der Waals surface area (Å²) < 4.78 is 15.7. The predicted octanol–water partition coefficient (Wildman–Crippen LogP) is 2.40. The van der Waals surface area contributed by atoms with Crippen LogP contribution in [0.15, 0.2) is 12.1 Å². The van der Waals surface area contributed by atoms with E-state index in [1.165, 1.54) is 0 Å². The van der Waals surface area contributed by atoms with Crippen molar-refractivity contribution in [2.45, 2.75) is 12.3 Å². The van der Waals surface area contributed by atoms with E-state index < -0.39 is 0 Å². The summed E-state index contributed by atoms with van der Waals surface area (Å²) in [7, 11) is 4.76. The number of benzene rings is 1. The zero-order chi connectivity index (χ0) is 12.1. The van der Waals surface area contributed by atoms with Crippen molar-refractivity contribution in [3.05, 3.63) is 12.1 Å². The summed E-state index contributed by atoms with van der Waals surface area (Å²) in [4.78, 5) is 0. The Kier molecular flexibility index (Phi) is 4.61. The van der Waals surface area contributed by atoms with Gasteiger partial charge < -0.3 is 19.5 Å². The Labute approximate surface area is 101 Å². The maximum absolute atomic E-state index is 5.23. The third kappa shape index (κ3) is 2.88. The number of hydrogen-bond acceptors (Lipinski definition) is 5. The Morgan fingerprint density at radius 1 is 1.06 bits per heavy atom. The zero-order valence-corrected chi connectivity index (χ0v) is 10.8. The van der Waals surface area contributed by atoms with E-state index in [9.17, 15) is 0 Å². The third-order valence-electron chi connectivity index (χ3n) is 2.04. The fourth-order valence-corrected chi connectivity index (χ4v) is 1.55. The molecule has 0 fully saturated rings. The molecule has 1 rings (SSSR count). The molecule has 1 aromatic rings. The molecule has 16 heavy (non-hydrogen) atoms. The van der Waals surface area contributed by atoms with Crippen LogP contribution in [0, 0.1) is 0 Å². The van der Waals surface area contributed by atoms with Crippen LogP contribution in [0.4, 0.5) is 5.69 Å².